The zero-order chi connectivity index (χ0) is 16.4. The average Bonchev–Trinajstić information content (AvgIpc) is 3.13. The Hall–Kier alpha value is -2.24. The summed E-state index contributed by atoms with van der Waals surface area (Å²) in [6.07, 6.45) is 3.97. The molecule has 0 aliphatic carbocycles. The first kappa shape index (κ1) is 15.6. The van der Waals surface area contributed by atoms with E-state index in [1.54, 1.807) is 6.20 Å². The molecule has 0 N–H and O–H groups in total. The molecule has 122 valence electrons. The van der Waals surface area contributed by atoms with Crippen LogP contribution in [-0.4, -0.2) is 43.6 Å². The van der Waals surface area contributed by atoms with Gasteiger partial charge in [0, 0.05) is 55.8 Å². The van der Waals surface area contributed by atoms with Crippen LogP contribution in [0, 0.1) is 13.8 Å². The molecule has 3 heterocycles. The van der Waals surface area contributed by atoms with Gasteiger partial charge in [-0.05, 0) is 38.8 Å². The van der Waals surface area contributed by atoms with Crippen molar-refractivity contribution in [2.24, 2.45) is 7.05 Å². The molecule has 0 radical (unpaired) electrons. The summed E-state index contributed by atoms with van der Waals surface area (Å²) in [5, 5.41) is 4.14. The number of aryl methyl sites for hydroxylation is 4. The van der Waals surface area contributed by atoms with Crippen LogP contribution in [0.4, 0.5) is 0 Å². The lowest BCUT2D eigenvalue weighted by Crippen LogP contribution is -2.29. The van der Waals surface area contributed by atoms with Crippen molar-refractivity contribution in [3.63, 3.8) is 0 Å². The second kappa shape index (κ2) is 6.48. The summed E-state index contributed by atoms with van der Waals surface area (Å²) < 4.78 is 1.82. The maximum absolute atomic E-state index is 12.4. The van der Waals surface area contributed by atoms with Gasteiger partial charge in [-0.1, -0.05) is 0 Å². The Balaban J connectivity index is 1.58. The fourth-order valence-electron chi connectivity index (χ4n) is 3.17. The van der Waals surface area contributed by atoms with Crippen molar-refractivity contribution in [2.45, 2.75) is 39.0 Å². The van der Waals surface area contributed by atoms with E-state index >= 15 is 0 Å². The maximum Gasteiger partial charge on any atom is 0.222 e. The normalized spacial score (nSPS) is 17.7. The third kappa shape index (κ3) is 3.57. The molecule has 2 aromatic heterocycles. The van der Waals surface area contributed by atoms with Crippen molar-refractivity contribution in [2.75, 3.05) is 13.1 Å². The summed E-state index contributed by atoms with van der Waals surface area (Å²) in [6.45, 7) is 5.51. The highest BCUT2D eigenvalue weighted by Crippen LogP contribution is 2.25. The van der Waals surface area contributed by atoms with Crippen molar-refractivity contribution in [3.05, 3.63) is 41.2 Å². The first-order valence-corrected chi connectivity index (χ1v) is 8.10. The molecule has 0 spiro atoms. The molecule has 0 aromatic carbocycles. The van der Waals surface area contributed by atoms with E-state index in [9.17, 15) is 4.79 Å². The topological polar surface area (TPSA) is 63.9 Å². The second-order valence-electron chi connectivity index (χ2n) is 6.28. The van der Waals surface area contributed by atoms with E-state index in [0.717, 1.165) is 48.8 Å². The average molecular weight is 313 g/mol. The van der Waals surface area contributed by atoms with Crippen molar-refractivity contribution >= 4 is 5.91 Å². The Morgan fingerprint density at radius 3 is 2.70 bits per heavy atom. The number of amides is 1. The van der Waals surface area contributed by atoms with Gasteiger partial charge in [0.25, 0.3) is 0 Å². The van der Waals surface area contributed by atoms with E-state index in [1.165, 1.54) is 0 Å². The van der Waals surface area contributed by atoms with Gasteiger partial charge in [0.15, 0.2) is 0 Å². The minimum absolute atomic E-state index is 0.207. The largest absolute Gasteiger partial charge is 0.342 e. The fourth-order valence-corrected chi connectivity index (χ4v) is 3.17. The molecular weight excluding hydrogens is 290 g/mol. The predicted molar refractivity (Wildman–Crippen MR) is 87.0 cm³/mol. The number of hydrogen-bond acceptors (Lipinski definition) is 4. The highest BCUT2D eigenvalue weighted by Gasteiger charge is 2.29. The van der Waals surface area contributed by atoms with Crippen LogP contribution in [-0.2, 0) is 18.3 Å². The van der Waals surface area contributed by atoms with Gasteiger partial charge in [0.2, 0.25) is 5.91 Å². The standard InChI is InChI=1S/C17H23N5O/c1-12-10-13(2)20-17(19-12)14-7-9-22(11-14)16(23)5-4-15-6-8-18-21(15)3/h6,8,10,14H,4-5,7,9,11H2,1-3H3. The molecule has 0 saturated carbocycles. The summed E-state index contributed by atoms with van der Waals surface area (Å²) in [4.78, 5) is 23.5. The van der Waals surface area contributed by atoms with E-state index < -0.39 is 0 Å². The fraction of sp³-hybridized carbons (Fsp3) is 0.529. The van der Waals surface area contributed by atoms with Gasteiger partial charge in [0.1, 0.15) is 5.82 Å². The molecule has 1 aliphatic heterocycles. The molecule has 6 nitrogen and oxygen atoms in total. The van der Waals surface area contributed by atoms with E-state index in [2.05, 4.69) is 15.1 Å². The van der Waals surface area contributed by atoms with Crippen LogP contribution in [0.2, 0.25) is 0 Å². The lowest BCUT2D eigenvalue weighted by atomic mass is 10.1. The Bertz CT molecular complexity index is 689. The number of carbonyl (C=O) groups is 1. The summed E-state index contributed by atoms with van der Waals surface area (Å²) in [5.74, 6) is 1.34. The Labute approximate surface area is 136 Å². The molecule has 3 rings (SSSR count). The van der Waals surface area contributed by atoms with Crippen LogP contribution in [0.1, 0.15) is 41.7 Å². The van der Waals surface area contributed by atoms with Crippen LogP contribution >= 0.6 is 0 Å². The third-order valence-electron chi connectivity index (χ3n) is 4.42. The summed E-state index contributed by atoms with van der Waals surface area (Å²) >= 11 is 0. The number of aromatic nitrogens is 4. The van der Waals surface area contributed by atoms with Crippen molar-refractivity contribution in [1.29, 1.82) is 0 Å². The van der Waals surface area contributed by atoms with E-state index in [4.69, 9.17) is 0 Å². The minimum Gasteiger partial charge on any atom is -0.342 e. The van der Waals surface area contributed by atoms with Gasteiger partial charge in [-0.2, -0.15) is 5.10 Å². The van der Waals surface area contributed by atoms with Crippen LogP contribution in [0.15, 0.2) is 18.3 Å². The highest BCUT2D eigenvalue weighted by atomic mass is 16.2. The van der Waals surface area contributed by atoms with Crippen LogP contribution in [0.5, 0.6) is 0 Å². The number of carbonyl (C=O) groups excluding carboxylic acids is 1. The van der Waals surface area contributed by atoms with Gasteiger partial charge >= 0.3 is 0 Å². The van der Waals surface area contributed by atoms with Crippen molar-refractivity contribution in [3.8, 4) is 0 Å². The number of nitrogens with zero attached hydrogens (tertiary/aromatic N) is 5. The van der Waals surface area contributed by atoms with Crippen LogP contribution in [0.3, 0.4) is 0 Å². The zero-order valence-corrected chi connectivity index (χ0v) is 14.0. The Kier molecular flexibility index (Phi) is 4.41. The summed E-state index contributed by atoms with van der Waals surface area (Å²) in [7, 11) is 1.91. The van der Waals surface area contributed by atoms with Crippen molar-refractivity contribution in [1.82, 2.24) is 24.6 Å². The summed E-state index contributed by atoms with van der Waals surface area (Å²) in [6, 6.07) is 3.94. The Morgan fingerprint density at radius 1 is 1.30 bits per heavy atom. The van der Waals surface area contributed by atoms with E-state index in [1.807, 2.05) is 42.6 Å². The van der Waals surface area contributed by atoms with Crippen molar-refractivity contribution < 1.29 is 4.79 Å². The molecule has 1 fully saturated rings. The molecule has 2 aromatic rings. The van der Waals surface area contributed by atoms with Gasteiger partial charge in [-0.15, -0.1) is 0 Å². The minimum atomic E-state index is 0.207. The first-order valence-electron chi connectivity index (χ1n) is 8.10. The van der Waals surface area contributed by atoms with Gasteiger partial charge in [-0.25, -0.2) is 9.97 Å². The molecule has 6 heteroatoms. The second-order valence-corrected chi connectivity index (χ2v) is 6.28. The zero-order valence-electron chi connectivity index (χ0n) is 14.0. The first-order chi connectivity index (χ1) is 11.0. The predicted octanol–water partition coefficient (Wildman–Crippen LogP) is 1.78. The monoisotopic (exact) mass is 313 g/mol. The SMILES string of the molecule is Cc1cc(C)nc(C2CCN(C(=O)CCc3ccnn3C)C2)n1. The molecule has 1 amide bonds. The molecule has 1 saturated heterocycles. The maximum atomic E-state index is 12.4. The quantitative estimate of drug-likeness (QED) is 0.863. The summed E-state index contributed by atoms with van der Waals surface area (Å²) in [5.41, 5.74) is 3.08. The van der Waals surface area contributed by atoms with Gasteiger partial charge in [0.05, 0.1) is 0 Å². The molecule has 1 aliphatic rings. The van der Waals surface area contributed by atoms with Gasteiger partial charge < -0.3 is 4.90 Å². The number of rotatable bonds is 4. The van der Waals surface area contributed by atoms with Crippen LogP contribution in [0.25, 0.3) is 0 Å². The highest BCUT2D eigenvalue weighted by molar-refractivity contribution is 5.76. The Morgan fingerprint density at radius 2 is 2.04 bits per heavy atom. The smallest absolute Gasteiger partial charge is 0.222 e. The van der Waals surface area contributed by atoms with E-state index in [0.29, 0.717) is 6.42 Å². The lowest BCUT2D eigenvalue weighted by Gasteiger charge is -2.16. The number of hydrogen-bond donors (Lipinski definition) is 0. The van der Waals surface area contributed by atoms with Crippen LogP contribution < -0.4 is 0 Å². The van der Waals surface area contributed by atoms with E-state index in [-0.39, 0.29) is 11.8 Å². The third-order valence-corrected chi connectivity index (χ3v) is 4.42. The molecule has 0 bridgehead atoms. The molecule has 1 atom stereocenters. The van der Waals surface area contributed by atoms with Gasteiger partial charge in [-0.3, -0.25) is 9.48 Å². The lowest BCUT2D eigenvalue weighted by molar-refractivity contribution is -0.130. The molecule has 23 heavy (non-hydrogen) atoms. The number of likely N-dealkylation sites (tertiary alicyclic amines) is 1. The molecular formula is C17H23N5O. The molecule has 1 unspecified atom stereocenters.